The summed E-state index contributed by atoms with van der Waals surface area (Å²) in [6, 6.07) is 13.9. The SMILES string of the molecule is Cc1ccc(Cl)cc1NC(=O)[C@H](Cc1ccccc1)N1C(=O)[C@@H]2[C@H]3C=C[C@@H]([C@@H]4C[C@@H]34)[C@H]2C1=O. The number of nitrogens with one attached hydrogen (secondary N) is 1. The number of likely N-dealkylation sites (tertiary alicyclic amines) is 1. The lowest BCUT2D eigenvalue weighted by molar-refractivity contribution is -0.146. The molecule has 168 valence electrons. The molecule has 1 heterocycles. The van der Waals surface area contributed by atoms with Crippen molar-refractivity contribution in [2.45, 2.75) is 25.8 Å². The zero-order valence-corrected chi connectivity index (χ0v) is 19.0. The van der Waals surface area contributed by atoms with Crippen molar-refractivity contribution in [2.75, 3.05) is 5.32 Å². The third kappa shape index (κ3) is 3.24. The maximum absolute atomic E-state index is 13.7. The fourth-order valence-corrected chi connectivity index (χ4v) is 6.54. The van der Waals surface area contributed by atoms with Crippen LogP contribution in [-0.2, 0) is 20.8 Å². The van der Waals surface area contributed by atoms with Crippen LogP contribution in [0.3, 0.4) is 0 Å². The Morgan fingerprint density at radius 2 is 1.67 bits per heavy atom. The van der Waals surface area contributed by atoms with Crippen molar-refractivity contribution < 1.29 is 14.4 Å². The second-order valence-corrected chi connectivity index (χ2v) is 10.3. The van der Waals surface area contributed by atoms with Gasteiger partial charge < -0.3 is 5.32 Å². The molecule has 2 aromatic rings. The summed E-state index contributed by atoms with van der Waals surface area (Å²) in [6.07, 6.45) is 5.68. The van der Waals surface area contributed by atoms with E-state index in [-0.39, 0.29) is 47.8 Å². The molecule has 0 radical (unpaired) electrons. The van der Waals surface area contributed by atoms with E-state index >= 15 is 0 Å². The van der Waals surface area contributed by atoms with Gasteiger partial charge in [0, 0.05) is 17.1 Å². The molecule has 7 atom stereocenters. The fourth-order valence-electron chi connectivity index (χ4n) is 6.37. The van der Waals surface area contributed by atoms with Crippen LogP contribution in [0.4, 0.5) is 5.69 Å². The number of carbonyl (C=O) groups excluding carboxylic acids is 3. The number of anilines is 1. The van der Waals surface area contributed by atoms with Gasteiger partial charge in [0.15, 0.2) is 0 Å². The largest absolute Gasteiger partial charge is 0.324 e. The minimum Gasteiger partial charge on any atom is -0.324 e. The highest BCUT2D eigenvalue weighted by molar-refractivity contribution is 6.31. The Balaban J connectivity index is 1.34. The number of halogens is 1. The van der Waals surface area contributed by atoms with Gasteiger partial charge in [0.25, 0.3) is 0 Å². The summed E-state index contributed by atoms with van der Waals surface area (Å²) < 4.78 is 0. The first-order chi connectivity index (χ1) is 15.9. The predicted octanol–water partition coefficient (Wildman–Crippen LogP) is 4.25. The van der Waals surface area contributed by atoms with Gasteiger partial charge in [0.1, 0.15) is 6.04 Å². The molecule has 5 aliphatic rings. The Labute approximate surface area is 197 Å². The van der Waals surface area contributed by atoms with Crippen molar-refractivity contribution in [1.29, 1.82) is 0 Å². The zero-order valence-electron chi connectivity index (χ0n) is 18.3. The highest BCUT2D eigenvalue weighted by Gasteiger charge is 2.67. The number of benzene rings is 2. The first kappa shape index (κ1) is 20.7. The van der Waals surface area contributed by atoms with Crippen LogP contribution in [0, 0.1) is 42.4 Å². The third-order valence-electron chi connectivity index (χ3n) is 8.04. The van der Waals surface area contributed by atoms with Gasteiger partial charge in [-0.2, -0.15) is 0 Å². The topological polar surface area (TPSA) is 66.5 Å². The maximum Gasteiger partial charge on any atom is 0.248 e. The summed E-state index contributed by atoms with van der Waals surface area (Å²) in [6.45, 7) is 1.88. The van der Waals surface area contributed by atoms with E-state index < -0.39 is 6.04 Å². The molecule has 2 bridgehead atoms. The van der Waals surface area contributed by atoms with Crippen LogP contribution in [0.5, 0.6) is 0 Å². The second kappa shape index (κ2) is 7.56. The van der Waals surface area contributed by atoms with Crippen molar-refractivity contribution in [2.24, 2.45) is 35.5 Å². The monoisotopic (exact) mass is 460 g/mol. The van der Waals surface area contributed by atoms with E-state index in [0.717, 1.165) is 17.5 Å². The highest BCUT2D eigenvalue weighted by Crippen LogP contribution is 2.65. The molecule has 0 unspecified atom stereocenters. The van der Waals surface area contributed by atoms with Gasteiger partial charge in [-0.15, -0.1) is 0 Å². The fraction of sp³-hybridized carbons (Fsp3) is 0.370. The minimum atomic E-state index is -0.910. The summed E-state index contributed by atoms with van der Waals surface area (Å²) >= 11 is 6.15. The molecule has 3 amide bonds. The molecule has 2 aromatic carbocycles. The number of amides is 3. The number of hydrogen-bond acceptors (Lipinski definition) is 3. The number of aryl methyl sites for hydroxylation is 1. The average molecular weight is 461 g/mol. The van der Waals surface area contributed by atoms with Gasteiger partial charge in [0.2, 0.25) is 17.7 Å². The number of nitrogens with zero attached hydrogens (tertiary/aromatic N) is 1. The molecule has 1 saturated heterocycles. The Morgan fingerprint density at radius 1 is 1.03 bits per heavy atom. The number of carbonyl (C=O) groups is 3. The lowest BCUT2D eigenvalue weighted by Gasteiger charge is -2.37. The average Bonchev–Trinajstić information content (AvgIpc) is 3.59. The Morgan fingerprint density at radius 3 is 2.30 bits per heavy atom. The summed E-state index contributed by atoms with van der Waals surface area (Å²) in [5, 5.41) is 3.45. The molecule has 6 heteroatoms. The maximum atomic E-state index is 13.7. The predicted molar refractivity (Wildman–Crippen MR) is 125 cm³/mol. The van der Waals surface area contributed by atoms with Gasteiger partial charge in [0.05, 0.1) is 11.8 Å². The van der Waals surface area contributed by atoms with Crippen molar-refractivity contribution in [1.82, 2.24) is 4.90 Å². The number of rotatable bonds is 5. The van der Waals surface area contributed by atoms with Crippen LogP contribution >= 0.6 is 11.6 Å². The lowest BCUT2D eigenvalue weighted by Crippen LogP contribution is -2.49. The summed E-state index contributed by atoms with van der Waals surface area (Å²) in [5.41, 5.74) is 2.35. The number of hydrogen-bond donors (Lipinski definition) is 1. The summed E-state index contributed by atoms with van der Waals surface area (Å²) in [5.74, 6) is -0.0891. The van der Waals surface area contributed by atoms with Gasteiger partial charge in [-0.25, -0.2) is 0 Å². The van der Waals surface area contributed by atoms with E-state index in [1.165, 1.54) is 4.90 Å². The standard InChI is InChI=1S/C27H25ClN2O3/c1-14-7-8-16(28)12-21(14)29-25(31)22(11-15-5-3-2-4-6-15)30-26(32)23-17-9-10-18(20-13-19(17)20)24(23)27(30)33/h2-10,12,17-20,22-24H,11,13H2,1H3,(H,29,31)/t17-,18-,19-,20-,22-,23+,24+/m0/s1. The Kier molecular flexibility index (Phi) is 4.73. The van der Waals surface area contributed by atoms with Gasteiger partial charge in [-0.1, -0.05) is 60.2 Å². The molecule has 33 heavy (non-hydrogen) atoms. The van der Waals surface area contributed by atoms with Crippen LogP contribution in [0.15, 0.2) is 60.7 Å². The van der Waals surface area contributed by atoms with Gasteiger partial charge in [-0.05, 0) is 60.3 Å². The number of allylic oxidation sites excluding steroid dienone is 2. The Bertz CT molecular complexity index is 1160. The van der Waals surface area contributed by atoms with E-state index in [4.69, 9.17) is 11.6 Å². The molecule has 7 rings (SSSR count). The molecule has 4 aliphatic carbocycles. The zero-order chi connectivity index (χ0) is 22.9. The third-order valence-corrected chi connectivity index (χ3v) is 8.28. The molecular formula is C27H25ClN2O3. The number of imide groups is 1. The highest BCUT2D eigenvalue weighted by atomic mass is 35.5. The van der Waals surface area contributed by atoms with Crippen LogP contribution in [0.2, 0.25) is 5.02 Å². The molecule has 0 aromatic heterocycles. The van der Waals surface area contributed by atoms with Gasteiger partial charge in [-0.3, -0.25) is 19.3 Å². The van der Waals surface area contributed by atoms with Crippen molar-refractivity contribution in [3.05, 3.63) is 76.8 Å². The second-order valence-electron chi connectivity index (χ2n) is 9.86. The van der Waals surface area contributed by atoms with Gasteiger partial charge >= 0.3 is 0 Å². The molecule has 1 N–H and O–H groups in total. The normalized spacial score (nSPS) is 31.9. The molecular weight excluding hydrogens is 436 g/mol. The van der Waals surface area contributed by atoms with Crippen molar-refractivity contribution in [3.63, 3.8) is 0 Å². The lowest BCUT2D eigenvalue weighted by atomic mass is 9.63. The first-order valence-electron chi connectivity index (χ1n) is 11.6. The van der Waals surface area contributed by atoms with E-state index in [9.17, 15) is 14.4 Å². The summed E-state index contributed by atoms with van der Waals surface area (Å²) in [4.78, 5) is 42.3. The van der Waals surface area contributed by atoms with Crippen molar-refractivity contribution in [3.8, 4) is 0 Å². The van der Waals surface area contributed by atoms with Crippen LogP contribution < -0.4 is 5.32 Å². The van der Waals surface area contributed by atoms with E-state index in [0.29, 0.717) is 22.5 Å². The minimum absolute atomic E-state index is 0.127. The van der Waals surface area contributed by atoms with E-state index in [2.05, 4.69) is 17.5 Å². The smallest absolute Gasteiger partial charge is 0.248 e. The van der Waals surface area contributed by atoms with Crippen LogP contribution in [-0.4, -0.2) is 28.7 Å². The Hall–Kier alpha value is -2.92. The van der Waals surface area contributed by atoms with Crippen molar-refractivity contribution >= 4 is 35.0 Å². The molecule has 2 saturated carbocycles. The quantitative estimate of drug-likeness (QED) is 0.535. The molecule has 0 spiro atoms. The molecule has 3 fully saturated rings. The van der Waals surface area contributed by atoms with Crippen LogP contribution in [0.25, 0.3) is 0 Å². The summed E-state index contributed by atoms with van der Waals surface area (Å²) in [7, 11) is 0. The molecule has 1 aliphatic heterocycles. The van der Waals surface area contributed by atoms with E-state index in [1.54, 1.807) is 12.1 Å². The molecule has 5 nitrogen and oxygen atoms in total. The first-order valence-corrected chi connectivity index (χ1v) is 12.0. The van der Waals surface area contributed by atoms with Crippen LogP contribution in [0.1, 0.15) is 17.5 Å². The van der Waals surface area contributed by atoms with E-state index in [1.807, 2.05) is 43.3 Å².